The van der Waals surface area contributed by atoms with E-state index in [2.05, 4.69) is 46.8 Å². The van der Waals surface area contributed by atoms with Gasteiger partial charge in [-0.15, -0.1) is 0 Å². The summed E-state index contributed by atoms with van der Waals surface area (Å²) < 4.78 is 0. The van der Waals surface area contributed by atoms with E-state index in [0.29, 0.717) is 37.0 Å². The zero-order valence-corrected chi connectivity index (χ0v) is 28.4. The van der Waals surface area contributed by atoms with Gasteiger partial charge in [0.05, 0.1) is 42.7 Å². The van der Waals surface area contributed by atoms with E-state index in [9.17, 15) is 35.7 Å². The van der Waals surface area contributed by atoms with Crippen molar-refractivity contribution in [3.05, 3.63) is 46.6 Å². The van der Waals surface area contributed by atoms with Crippen molar-refractivity contribution in [2.24, 2.45) is 51.2 Å². The molecule has 2 saturated carbocycles. The Hall–Kier alpha value is -1.32. The number of hydrogen-bond donors (Lipinski definition) is 7. The second-order valence-corrected chi connectivity index (χ2v) is 17.7. The van der Waals surface area contributed by atoms with E-state index in [0.717, 1.165) is 50.5 Å². The molecule has 2 unspecified atom stereocenters. The second kappa shape index (κ2) is 11.1. The first-order valence-electron chi connectivity index (χ1n) is 18.2. The third-order valence-electron chi connectivity index (χ3n) is 15.3. The predicted molar refractivity (Wildman–Crippen MR) is 176 cm³/mol. The first-order chi connectivity index (χ1) is 21.5. The summed E-state index contributed by atoms with van der Waals surface area (Å²) in [6.07, 6.45) is 12.9. The van der Waals surface area contributed by atoms with Crippen LogP contribution in [0.4, 0.5) is 0 Å². The molecule has 0 aromatic heterocycles. The number of aliphatic hydroxyl groups excluding tert-OH is 7. The van der Waals surface area contributed by atoms with Crippen LogP contribution in [-0.2, 0) is 0 Å². The van der Waals surface area contributed by atoms with Crippen LogP contribution >= 0.6 is 0 Å². The Morgan fingerprint density at radius 2 is 1.00 bits per heavy atom. The maximum Gasteiger partial charge on any atom is 0.0858 e. The van der Waals surface area contributed by atoms with Gasteiger partial charge in [0.2, 0.25) is 0 Å². The molecule has 0 heterocycles. The van der Waals surface area contributed by atoms with E-state index in [1.54, 1.807) is 0 Å². The number of hydrogen-bond acceptors (Lipinski definition) is 7. The van der Waals surface area contributed by atoms with Gasteiger partial charge in [-0.2, -0.15) is 0 Å². The van der Waals surface area contributed by atoms with Gasteiger partial charge in [-0.25, -0.2) is 0 Å². The molecule has 0 amide bonds. The minimum absolute atomic E-state index is 0.0219. The normalized spacial score (nSPS) is 55.4. The lowest BCUT2D eigenvalue weighted by Crippen LogP contribution is -2.48. The molecular formula is C39H58O7. The first-order valence-corrected chi connectivity index (χ1v) is 18.2. The Kier molecular flexibility index (Phi) is 8.01. The topological polar surface area (TPSA) is 142 Å². The van der Waals surface area contributed by atoms with E-state index in [4.69, 9.17) is 0 Å². The summed E-state index contributed by atoms with van der Waals surface area (Å²) in [5, 5.41) is 73.1. The highest BCUT2D eigenvalue weighted by Crippen LogP contribution is 2.64. The van der Waals surface area contributed by atoms with Crippen LogP contribution in [0, 0.1) is 51.2 Å². The minimum atomic E-state index is -0.706. The first kappa shape index (κ1) is 33.2. The molecule has 0 aliphatic heterocycles. The van der Waals surface area contributed by atoms with Crippen LogP contribution in [0.15, 0.2) is 46.6 Å². The average Bonchev–Trinajstić information content (AvgIpc) is 3.38. The Bertz CT molecular complexity index is 1260. The summed E-state index contributed by atoms with van der Waals surface area (Å²) in [6.45, 7) is 10.9. The highest BCUT2D eigenvalue weighted by molar-refractivity contribution is 5.42. The molecule has 0 spiro atoms. The molecule has 7 heteroatoms. The number of allylic oxidation sites excluding steroid dienone is 4. The monoisotopic (exact) mass is 638 g/mol. The smallest absolute Gasteiger partial charge is 0.0858 e. The Morgan fingerprint density at radius 3 is 1.48 bits per heavy atom. The van der Waals surface area contributed by atoms with Crippen molar-refractivity contribution in [3.63, 3.8) is 0 Å². The summed E-state index contributed by atoms with van der Waals surface area (Å²) in [5.74, 6) is 1.26. The van der Waals surface area contributed by atoms with Crippen molar-refractivity contribution in [2.45, 2.75) is 142 Å². The molecule has 7 N–H and O–H groups in total. The molecule has 256 valence electrons. The number of rotatable bonds is 0. The predicted octanol–water partition coefficient (Wildman–Crippen LogP) is 4.34. The molecular weight excluding hydrogens is 580 g/mol. The fraction of sp³-hybridized carbons (Fsp3) is 0.795. The summed E-state index contributed by atoms with van der Waals surface area (Å²) in [5.41, 5.74) is 4.48. The molecule has 0 aromatic carbocycles. The van der Waals surface area contributed by atoms with E-state index >= 15 is 0 Å². The van der Waals surface area contributed by atoms with Crippen LogP contribution in [0.5, 0.6) is 0 Å². The number of fused-ring (bicyclic) bond motifs is 8. The van der Waals surface area contributed by atoms with E-state index < -0.39 is 30.5 Å². The average molecular weight is 639 g/mol. The third-order valence-corrected chi connectivity index (χ3v) is 15.3. The Labute approximate surface area is 274 Å². The largest absolute Gasteiger partial charge is 0.392 e. The zero-order chi connectivity index (χ0) is 33.1. The quantitative estimate of drug-likeness (QED) is 0.196. The lowest BCUT2D eigenvalue weighted by Gasteiger charge is -2.53. The van der Waals surface area contributed by atoms with Gasteiger partial charge in [0.1, 0.15) is 0 Å². The highest BCUT2D eigenvalue weighted by Gasteiger charge is 2.60. The molecule has 0 radical (unpaired) electrons. The van der Waals surface area contributed by atoms with Crippen LogP contribution in [0.1, 0.15) is 98.8 Å². The van der Waals surface area contributed by atoms with Crippen LogP contribution in [0.25, 0.3) is 0 Å². The molecule has 0 saturated heterocycles. The van der Waals surface area contributed by atoms with Gasteiger partial charge in [-0.05, 0) is 105 Å². The van der Waals surface area contributed by atoms with Crippen LogP contribution < -0.4 is 0 Å². The van der Waals surface area contributed by atoms with Crippen molar-refractivity contribution in [1.82, 2.24) is 0 Å². The Balaban J connectivity index is 0.000000147. The summed E-state index contributed by atoms with van der Waals surface area (Å²) in [7, 11) is 0. The lowest BCUT2D eigenvalue weighted by atomic mass is 9.52. The molecule has 2 fully saturated rings. The summed E-state index contributed by atoms with van der Waals surface area (Å²) in [4.78, 5) is 0. The Morgan fingerprint density at radius 1 is 0.565 bits per heavy atom. The van der Waals surface area contributed by atoms with Crippen molar-refractivity contribution >= 4 is 0 Å². The van der Waals surface area contributed by atoms with Gasteiger partial charge in [-0.1, -0.05) is 70.1 Å². The van der Waals surface area contributed by atoms with Gasteiger partial charge >= 0.3 is 0 Å². The van der Waals surface area contributed by atoms with Crippen molar-refractivity contribution in [1.29, 1.82) is 0 Å². The van der Waals surface area contributed by atoms with Crippen molar-refractivity contribution in [3.8, 4) is 0 Å². The lowest BCUT2D eigenvalue weighted by molar-refractivity contribution is -0.0321. The SMILES string of the molecule is C[C@@H]1CC2C3=C(CC[C@]2(C)[C@H]1O)[C@@]1(C)C=C[C@H](O)C[C@@H]1C[C@@H]3O.C[C@]12CCC3=C(C1C[C@@H](O)[C@@H]2O)[C@@H](O)C[C@H]1C[C@@H](O)C=C[C@]31C. The minimum Gasteiger partial charge on any atom is -0.392 e. The molecule has 8 rings (SSSR count). The van der Waals surface area contributed by atoms with E-state index in [1.807, 2.05) is 12.2 Å². The molecule has 46 heavy (non-hydrogen) atoms. The second-order valence-electron chi connectivity index (χ2n) is 17.7. The van der Waals surface area contributed by atoms with Gasteiger partial charge < -0.3 is 35.7 Å². The zero-order valence-electron chi connectivity index (χ0n) is 28.4. The maximum atomic E-state index is 10.9. The van der Waals surface area contributed by atoms with Gasteiger partial charge in [0.25, 0.3) is 0 Å². The molecule has 8 aliphatic rings. The fourth-order valence-corrected chi connectivity index (χ4v) is 12.3. The van der Waals surface area contributed by atoms with Crippen LogP contribution in [-0.4, -0.2) is 78.5 Å². The van der Waals surface area contributed by atoms with Gasteiger partial charge in [0, 0.05) is 21.7 Å². The number of aliphatic hydroxyl groups is 7. The van der Waals surface area contributed by atoms with Crippen molar-refractivity contribution < 1.29 is 35.7 Å². The summed E-state index contributed by atoms with van der Waals surface area (Å²) >= 11 is 0. The molecule has 0 aromatic rings. The third kappa shape index (κ3) is 4.62. The van der Waals surface area contributed by atoms with Crippen molar-refractivity contribution in [2.75, 3.05) is 0 Å². The maximum absolute atomic E-state index is 10.9. The summed E-state index contributed by atoms with van der Waals surface area (Å²) in [6, 6.07) is 0. The molecule has 8 aliphatic carbocycles. The van der Waals surface area contributed by atoms with Gasteiger partial charge in [0.15, 0.2) is 0 Å². The molecule has 7 nitrogen and oxygen atoms in total. The van der Waals surface area contributed by atoms with Gasteiger partial charge in [-0.3, -0.25) is 0 Å². The fourth-order valence-electron chi connectivity index (χ4n) is 12.3. The standard InChI is InChI=1S/C20H30O3.C19H28O4/c1-11-8-15-17-14(5-7-20(15,3)18(11)23)19(2)6-4-13(21)9-12(19)10-16(17)22;1-18-5-3-11(20)7-10(18)8-14(21)16-12(18)4-6-19(2)13(16)9-15(22)17(19)23/h4,6,11-13,15-16,18,21-23H,5,7-10H2,1-3H3;3,5,10-11,13-15,17,20-23H,4,6-9H2,1-2H3/t11-,12-,13+,15?,16+,18+,19+,20+;10-,11+,13?,14+,15-,17+,18+,19+/m11/s1. The van der Waals surface area contributed by atoms with Crippen LogP contribution in [0.3, 0.4) is 0 Å². The van der Waals surface area contributed by atoms with E-state index in [1.165, 1.54) is 16.7 Å². The highest BCUT2D eigenvalue weighted by atomic mass is 16.3. The van der Waals surface area contributed by atoms with E-state index in [-0.39, 0.29) is 45.7 Å². The molecule has 16 atom stereocenters. The van der Waals surface area contributed by atoms with Crippen LogP contribution in [0.2, 0.25) is 0 Å². The molecule has 0 bridgehead atoms.